The zero-order valence-electron chi connectivity index (χ0n) is 16.3. The second-order valence-electron chi connectivity index (χ2n) is 7.48. The molecule has 1 aliphatic heterocycles. The number of hydrogen-bond acceptors (Lipinski definition) is 4. The third kappa shape index (κ3) is 3.93. The predicted octanol–water partition coefficient (Wildman–Crippen LogP) is 3.85. The Morgan fingerprint density at radius 2 is 1.63 bits per heavy atom. The lowest BCUT2D eigenvalue weighted by Crippen LogP contribution is -2.47. The molecule has 5 nitrogen and oxygen atoms in total. The van der Waals surface area contributed by atoms with Crippen molar-refractivity contribution in [2.45, 2.75) is 19.9 Å². The van der Waals surface area contributed by atoms with Crippen LogP contribution in [0.4, 0.5) is 11.6 Å². The number of fused-ring (bicyclic) bond motifs is 1. The zero-order chi connectivity index (χ0) is 18.6. The first-order valence-corrected chi connectivity index (χ1v) is 9.95. The molecule has 2 heterocycles. The Hall–Kier alpha value is -2.53. The minimum Gasteiger partial charge on any atom is -0.369 e. The second-order valence-corrected chi connectivity index (χ2v) is 7.48. The number of aromatic nitrogens is 2. The van der Waals surface area contributed by atoms with Crippen molar-refractivity contribution < 1.29 is 0 Å². The van der Waals surface area contributed by atoms with Crippen LogP contribution in [0.25, 0.3) is 11.0 Å². The van der Waals surface area contributed by atoms with Gasteiger partial charge in [0.1, 0.15) is 0 Å². The van der Waals surface area contributed by atoms with Crippen LogP contribution in [0.1, 0.15) is 19.9 Å². The number of piperazine rings is 1. The minimum absolute atomic E-state index is 0.384. The molecule has 0 radical (unpaired) electrons. The molecule has 0 saturated carbocycles. The van der Waals surface area contributed by atoms with Crippen molar-refractivity contribution in [3.05, 3.63) is 54.6 Å². The number of hydrogen-bond donors (Lipinski definition) is 1. The molecule has 2 aromatic carbocycles. The van der Waals surface area contributed by atoms with Gasteiger partial charge in [0, 0.05) is 51.0 Å². The number of nitrogens with one attached hydrogen (secondary N) is 1. The van der Waals surface area contributed by atoms with Gasteiger partial charge < -0.3 is 14.8 Å². The fraction of sp³-hybridized carbons (Fsp3) is 0.409. The quantitative estimate of drug-likeness (QED) is 0.722. The van der Waals surface area contributed by atoms with Crippen molar-refractivity contribution in [3.8, 4) is 0 Å². The summed E-state index contributed by atoms with van der Waals surface area (Å²) in [4.78, 5) is 9.80. The molecular formula is C22H29N5. The summed E-state index contributed by atoms with van der Waals surface area (Å²) in [7, 11) is 0. The van der Waals surface area contributed by atoms with E-state index in [1.54, 1.807) is 0 Å². The summed E-state index contributed by atoms with van der Waals surface area (Å²) in [5.74, 6) is 0.981. The van der Waals surface area contributed by atoms with Crippen molar-refractivity contribution in [2.75, 3.05) is 49.5 Å². The summed E-state index contributed by atoms with van der Waals surface area (Å²) in [5.41, 5.74) is 3.59. The first-order valence-electron chi connectivity index (χ1n) is 9.95. The number of benzene rings is 2. The first kappa shape index (κ1) is 17.9. The van der Waals surface area contributed by atoms with Crippen LogP contribution >= 0.6 is 0 Å². The molecular weight excluding hydrogens is 334 g/mol. The molecule has 142 valence electrons. The molecule has 27 heavy (non-hydrogen) atoms. The molecule has 5 heteroatoms. The van der Waals surface area contributed by atoms with Crippen LogP contribution < -0.4 is 10.2 Å². The summed E-state index contributed by atoms with van der Waals surface area (Å²) >= 11 is 0. The van der Waals surface area contributed by atoms with Gasteiger partial charge in [-0.15, -0.1) is 0 Å². The molecule has 0 aliphatic carbocycles. The van der Waals surface area contributed by atoms with Crippen molar-refractivity contribution in [2.24, 2.45) is 0 Å². The highest BCUT2D eigenvalue weighted by molar-refractivity contribution is 5.78. The zero-order valence-corrected chi connectivity index (χ0v) is 16.3. The Kier molecular flexibility index (Phi) is 5.30. The summed E-state index contributed by atoms with van der Waals surface area (Å²) in [5, 5.41) is 3.57. The van der Waals surface area contributed by atoms with Gasteiger partial charge in [-0.3, -0.25) is 4.90 Å². The van der Waals surface area contributed by atoms with Gasteiger partial charge in [-0.1, -0.05) is 30.3 Å². The fourth-order valence-electron chi connectivity index (χ4n) is 3.89. The van der Waals surface area contributed by atoms with Crippen molar-refractivity contribution in [3.63, 3.8) is 0 Å². The second kappa shape index (κ2) is 8.01. The van der Waals surface area contributed by atoms with Gasteiger partial charge >= 0.3 is 0 Å². The van der Waals surface area contributed by atoms with Gasteiger partial charge in [-0.2, -0.15) is 0 Å². The third-order valence-corrected chi connectivity index (χ3v) is 5.32. The molecule has 1 fully saturated rings. The van der Waals surface area contributed by atoms with Gasteiger partial charge in [-0.05, 0) is 38.1 Å². The maximum atomic E-state index is 4.79. The number of anilines is 2. The maximum absolute atomic E-state index is 4.79. The first-order chi connectivity index (χ1) is 13.2. The van der Waals surface area contributed by atoms with Crippen molar-refractivity contribution in [1.29, 1.82) is 0 Å². The monoisotopic (exact) mass is 363 g/mol. The van der Waals surface area contributed by atoms with E-state index in [-0.39, 0.29) is 0 Å². The highest BCUT2D eigenvalue weighted by Crippen LogP contribution is 2.24. The van der Waals surface area contributed by atoms with Crippen molar-refractivity contribution in [1.82, 2.24) is 14.5 Å². The molecule has 1 saturated heterocycles. The molecule has 0 spiro atoms. The molecule has 0 bridgehead atoms. The third-order valence-electron chi connectivity index (χ3n) is 5.32. The Bertz CT molecular complexity index is 863. The number of para-hydroxylation sites is 3. The number of imidazole rings is 1. The predicted molar refractivity (Wildman–Crippen MR) is 114 cm³/mol. The van der Waals surface area contributed by atoms with Crippen LogP contribution in [0.2, 0.25) is 0 Å². The Morgan fingerprint density at radius 3 is 2.37 bits per heavy atom. The van der Waals surface area contributed by atoms with E-state index in [0.29, 0.717) is 6.04 Å². The molecule has 3 aromatic rings. The molecule has 4 rings (SSSR count). The largest absolute Gasteiger partial charge is 0.369 e. The summed E-state index contributed by atoms with van der Waals surface area (Å²) in [6, 6.07) is 19.5. The number of nitrogens with zero attached hydrogens (tertiary/aromatic N) is 4. The van der Waals surface area contributed by atoms with E-state index < -0.39 is 0 Å². The fourth-order valence-corrected chi connectivity index (χ4v) is 3.89. The van der Waals surface area contributed by atoms with Crippen LogP contribution in [0.15, 0.2) is 54.6 Å². The van der Waals surface area contributed by atoms with Crippen LogP contribution in [-0.4, -0.2) is 53.7 Å². The Balaban J connectivity index is 1.32. The van der Waals surface area contributed by atoms with Crippen LogP contribution in [0.5, 0.6) is 0 Å². The minimum atomic E-state index is 0.384. The lowest BCUT2D eigenvalue weighted by Gasteiger charge is -2.36. The van der Waals surface area contributed by atoms with E-state index in [0.717, 1.165) is 50.7 Å². The van der Waals surface area contributed by atoms with Gasteiger partial charge in [-0.25, -0.2) is 4.98 Å². The Morgan fingerprint density at radius 1 is 0.926 bits per heavy atom. The number of rotatable bonds is 6. The van der Waals surface area contributed by atoms with E-state index in [9.17, 15) is 0 Å². The molecule has 0 unspecified atom stereocenters. The summed E-state index contributed by atoms with van der Waals surface area (Å²) in [6.45, 7) is 10.8. The SMILES string of the molecule is CC(C)n1c(NCCN2CCN(c3ccccc3)CC2)nc2ccccc21. The van der Waals surface area contributed by atoms with Crippen LogP contribution in [-0.2, 0) is 0 Å². The van der Waals surface area contributed by atoms with Gasteiger partial charge in [0.15, 0.2) is 0 Å². The Labute approximate surface area is 161 Å². The highest BCUT2D eigenvalue weighted by atomic mass is 15.3. The molecule has 1 aliphatic rings. The molecule has 0 amide bonds. The van der Waals surface area contributed by atoms with Crippen LogP contribution in [0, 0.1) is 0 Å². The van der Waals surface area contributed by atoms with E-state index in [1.165, 1.54) is 11.2 Å². The average molecular weight is 364 g/mol. The van der Waals surface area contributed by atoms with Crippen molar-refractivity contribution >= 4 is 22.7 Å². The van der Waals surface area contributed by atoms with Gasteiger partial charge in [0.25, 0.3) is 0 Å². The normalized spacial score (nSPS) is 15.6. The topological polar surface area (TPSA) is 36.3 Å². The van der Waals surface area contributed by atoms with E-state index in [4.69, 9.17) is 4.98 Å². The summed E-state index contributed by atoms with van der Waals surface area (Å²) in [6.07, 6.45) is 0. The molecule has 0 atom stereocenters. The maximum Gasteiger partial charge on any atom is 0.204 e. The van der Waals surface area contributed by atoms with Gasteiger partial charge in [0.2, 0.25) is 5.95 Å². The van der Waals surface area contributed by atoms with Crippen LogP contribution in [0.3, 0.4) is 0 Å². The lowest BCUT2D eigenvalue weighted by molar-refractivity contribution is 0.267. The summed E-state index contributed by atoms with van der Waals surface area (Å²) < 4.78 is 2.29. The van der Waals surface area contributed by atoms with E-state index in [2.05, 4.69) is 88.1 Å². The molecule has 1 aromatic heterocycles. The van der Waals surface area contributed by atoms with E-state index in [1.807, 2.05) is 0 Å². The van der Waals surface area contributed by atoms with Gasteiger partial charge in [0.05, 0.1) is 11.0 Å². The lowest BCUT2D eigenvalue weighted by atomic mass is 10.2. The smallest absolute Gasteiger partial charge is 0.204 e. The van der Waals surface area contributed by atoms with E-state index >= 15 is 0 Å². The average Bonchev–Trinajstić information content (AvgIpc) is 3.08. The standard InChI is InChI=1S/C22H29N5/c1-18(2)27-21-11-7-6-10-20(21)24-22(27)23-12-13-25-14-16-26(17-15-25)19-8-4-3-5-9-19/h3-11,18H,12-17H2,1-2H3,(H,23,24). The molecule has 1 N–H and O–H groups in total. The highest BCUT2D eigenvalue weighted by Gasteiger charge is 2.17.